The van der Waals surface area contributed by atoms with Crippen molar-refractivity contribution in [1.82, 2.24) is 5.32 Å². The Morgan fingerprint density at radius 3 is 2.81 bits per heavy atom. The number of ether oxygens (including phenoxy) is 1. The molecule has 1 aromatic rings. The minimum atomic E-state index is -0.488. The zero-order valence-electron chi connectivity index (χ0n) is 13.0. The fourth-order valence-corrected chi connectivity index (χ4v) is 2.80. The quantitative estimate of drug-likeness (QED) is 0.732. The van der Waals surface area contributed by atoms with E-state index in [1.165, 1.54) is 25.7 Å². The van der Waals surface area contributed by atoms with Gasteiger partial charge in [-0.3, -0.25) is 0 Å². The van der Waals surface area contributed by atoms with Crippen LogP contribution in [-0.4, -0.2) is 30.9 Å². The van der Waals surface area contributed by atoms with E-state index in [2.05, 4.69) is 12.2 Å². The first-order valence-corrected chi connectivity index (χ1v) is 8.20. The van der Waals surface area contributed by atoms with E-state index in [-0.39, 0.29) is 0 Å². The predicted molar refractivity (Wildman–Crippen MR) is 87.1 cm³/mol. The molecule has 2 N–H and O–H groups in total. The van der Waals surface area contributed by atoms with Crippen molar-refractivity contribution >= 4 is 11.6 Å². The molecule has 4 heteroatoms. The molecule has 0 bridgehead atoms. The number of rotatable bonds is 9. The van der Waals surface area contributed by atoms with E-state index < -0.39 is 6.10 Å². The molecule has 1 unspecified atom stereocenters. The number of aliphatic hydroxyl groups is 1. The van der Waals surface area contributed by atoms with Gasteiger partial charge in [0.2, 0.25) is 0 Å². The van der Waals surface area contributed by atoms with Gasteiger partial charge in [-0.05, 0) is 55.4 Å². The standard InChI is InChI=1S/C17H26ClNO2/c1-3-6-17(7-8-17)12-19-10-14(20)11-21-15-4-5-16(18)13(2)9-15/h4-5,9,14,19-20H,3,6-8,10-12H2,1-2H3. The maximum absolute atomic E-state index is 9.97. The Bertz CT molecular complexity index is 460. The lowest BCUT2D eigenvalue weighted by molar-refractivity contribution is 0.105. The van der Waals surface area contributed by atoms with Gasteiger partial charge in [-0.2, -0.15) is 0 Å². The summed E-state index contributed by atoms with van der Waals surface area (Å²) in [6, 6.07) is 5.54. The van der Waals surface area contributed by atoms with E-state index >= 15 is 0 Å². The number of benzene rings is 1. The zero-order valence-corrected chi connectivity index (χ0v) is 13.7. The number of aliphatic hydroxyl groups excluding tert-OH is 1. The molecule has 1 saturated carbocycles. The monoisotopic (exact) mass is 311 g/mol. The van der Waals surface area contributed by atoms with Gasteiger partial charge in [-0.15, -0.1) is 0 Å². The molecule has 21 heavy (non-hydrogen) atoms. The van der Waals surface area contributed by atoms with Gasteiger partial charge in [0.25, 0.3) is 0 Å². The van der Waals surface area contributed by atoms with Crippen molar-refractivity contribution in [2.24, 2.45) is 5.41 Å². The average molecular weight is 312 g/mol. The van der Waals surface area contributed by atoms with Gasteiger partial charge in [-0.1, -0.05) is 24.9 Å². The Morgan fingerprint density at radius 2 is 2.19 bits per heavy atom. The molecule has 1 atom stereocenters. The number of halogens is 1. The van der Waals surface area contributed by atoms with Gasteiger partial charge >= 0.3 is 0 Å². The largest absolute Gasteiger partial charge is 0.491 e. The summed E-state index contributed by atoms with van der Waals surface area (Å²) in [5, 5.41) is 14.1. The maximum atomic E-state index is 9.97. The Morgan fingerprint density at radius 1 is 1.43 bits per heavy atom. The highest BCUT2D eigenvalue weighted by atomic mass is 35.5. The van der Waals surface area contributed by atoms with Crippen molar-refractivity contribution in [3.05, 3.63) is 28.8 Å². The molecule has 0 aromatic heterocycles. The molecule has 1 aromatic carbocycles. The third-order valence-electron chi connectivity index (χ3n) is 4.19. The highest BCUT2D eigenvalue weighted by Gasteiger charge is 2.40. The first kappa shape index (κ1) is 16.6. The average Bonchev–Trinajstić information content (AvgIpc) is 3.20. The second-order valence-corrected chi connectivity index (χ2v) is 6.66. The highest BCUT2D eigenvalue weighted by molar-refractivity contribution is 6.31. The van der Waals surface area contributed by atoms with Crippen LogP contribution in [0.25, 0.3) is 0 Å². The minimum absolute atomic E-state index is 0.300. The van der Waals surface area contributed by atoms with Crippen molar-refractivity contribution in [2.75, 3.05) is 19.7 Å². The lowest BCUT2D eigenvalue weighted by Crippen LogP contribution is -2.34. The summed E-state index contributed by atoms with van der Waals surface area (Å²) < 4.78 is 5.60. The molecule has 0 amide bonds. The normalized spacial score (nSPS) is 17.5. The Labute approximate surface area is 132 Å². The van der Waals surface area contributed by atoms with E-state index in [1.54, 1.807) is 0 Å². The summed E-state index contributed by atoms with van der Waals surface area (Å²) >= 11 is 5.97. The topological polar surface area (TPSA) is 41.5 Å². The van der Waals surface area contributed by atoms with E-state index in [9.17, 15) is 5.11 Å². The molecule has 1 fully saturated rings. The Hall–Kier alpha value is -0.770. The van der Waals surface area contributed by atoms with Crippen LogP contribution in [0.1, 0.15) is 38.2 Å². The molecule has 1 aliphatic rings. The summed E-state index contributed by atoms with van der Waals surface area (Å²) in [5.74, 6) is 0.751. The molecular weight excluding hydrogens is 286 g/mol. The number of aryl methyl sites for hydroxylation is 1. The van der Waals surface area contributed by atoms with Gasteiger partial charge < -0.3 is 15.2 Å². The number of hydrogen-bond acceptors (Lipinski definition) is 3. The summed E-state index contributed by atoms with van der Waals surface area (Å²) in [7, 11) is 0. The lowest BCUT2D eigenvalue weighted by Gasteiger charge is -2.18. The molecule has 0 aliphatic heterocycles. The first-order chi connectivity index (χ1) is 10.0. The molecule has 2 rings (SSSR count). The molecule has 0 radical (unpaired) electrons. The lowest BCUT2D eigenvalue weighted by atomic mass is 10.0. The summed E-state index contributed by atoms with van der Waals surface area (Å²) in [4.78, 5) is 0. The molecule has 0 spiro atoms. The van der Waals surface area contributed by atoms with Crippen LogP contribution < -0.4 is 10.1 Å². The van der Waals surface area contributed by atoms with Gasteiger partial charge in [-0.25, -0.2) is 0 Å². The van der Waals surface area contributed by atoms with Gasteiger partial charge in [0, 0.05) is 18.1 Å². The minimum Gasteiger partial charge on any atom is -0.491 e. The summed E-state index contributed by atoms with van der Waals surface area (Å²) in [6.07, 6.45) is 4.69. The maximum Gasteiger partial charge on any atom is 0.119 e. The predicted octanol–water partition coefficient (Wildman–Crippen LogP) is 3.56. The van der Waals surface area contributed by atoms with Gasteiger partial charge in [0.15, 0.2) is 0 Å². The van der Waals surface area contributed by atoms with Gasteiger partial charge in [0.1, 0.15) is 18.5 Å². The van der Waals surface area contributed by atoms with E-state index in [4.69, 9.17) is 16.3 Å². The fourth-order valence-electron chi connectivity index (χ4n) is 2.68. The number of hydrogen-bond donors (Lipinski definition) is 2. The summed E-state index contributed by atoms with van der Waals surface area (Å²) in [6.45, 7) is 6.07. The fraction of sp³-hybridized carbons (Fsp3) is 0.647. The molecule has 0 heterocycles. The molecule has 0 saturated heterocycles. The Balaban J connectivity index is 1.65. The Kier molecular flexibility index (Phi) is 5.91. The van der Waals surface area contributed by atoms with Crippen molar-refractivity contribution in [3.8, 4) is 5.75 Å². The van der Waals surface area contributed by atoms with Gasteiger partial charge in [0.05, 0.1) is 0 Å². The van der Waals surface area contributed by atoms with Crippen molar-refractivity contribution < 1.29 is 9.84 Å². The van der Waals surface area contributed by atoms with Crippen LogP contribution in [0, 0.1) is 12.3 Å². The van der Waals surface area contributed by atoms with Crippen LogP contribution in [0.4, 0.5) is 0 Å². The smallest absolute Gasteiger partial charge is 0.119 e. The molecule has 3 nitrogen and oxygen atoms in total. The second kappa shape index (κ2) is 7.48. The highest BCUT2D eigenvalue weighted by Crippen LogP contribution is 2.48. The van der Waals surface area contributed by atoms with Crippen molar-refractivity contribution in [3.63, 3.8) is 0 Å². The first-order valence-electron chi connectivity index (χ1n) is 7.82. The SMILES string of the molecule is CCCC1(CNCC(O)COc2ccc(Cl)c(C)c2)CC1. The summed E-state index contributed by atoms with van der Waals surface area (Å²) in [5.41, 5.74) is 1.50. The molecular formula is C17H26ClNO2. The van der Waals surface area contributed by atoms with Crippen LogP contribution in [0.2, 0.25) is 5.02 Å². The number of nitrogens with one attached hydrogen (secondary N) is 1. The van der Waals surface area contributed by atoms with Crippen molar-refractivity contribution in [2.45, 2.75) is 45.6 Å². The van der Waals surface area contributed by atoms with E-state index in [0.717, 1.165) is 22.9 Å². The molecule has 1 aliphatic carbocycles. The zero-order chi connectivity index (χ0) is 15.3. The van der Waals surface area contributed by atoms with E-state index in [1.807, 2.05) is 25.1 Å². The van der Waals surface area contributed by atoms with Crippen LogP contribution in [-0.2, 0) is 0 Å². The third kappa shape index (κ3) is 5.17. The van der Waals surface area contributed by atoms with Crippen molar-refractivity contribution in [1.29, 1.82) is 0 Å². The van der Waals surface area contributed by atoms with Crippen LogP contribution in [0.5, 0.6) is 5.75 Å². The van der Waals surface area contributed by atoms with Crippen LogP contribution in [0.15, 0.2) is 18.2 Å². The van der Waals surface area contributed by atoms with E-state index in [0.29, 0.717) is 18.6 Å². The second-order valence-electron chi connectivity index (χ2n) is 6.26. The molecule has 118 valence electrons. The third-order valence-corrected chi connectivity index (χ3v) is 4.61. The van der Waals surface area contributed by atoms with Crippen LogP contribution in [0.3, 0.4) is 0 Å². The van der Waals surface area contributed by atoms with Crippen LogP contribution >= 0.6 is 11.6 Å².